The molecule has 0 spiro atoms. The fraction of sp³-hybridized carbons (Fsp3) is 0.400. The van der Waals surface area contributed by atoms with Crippen LogP contribution < -0.4 is 5.73 Å². The Morgan fingerprint density at radius 1 is 1.26 bits per heavy atom. The molecule has 1 aromatic carbocycles. The lowest BCUT2D eigenvalue weighted by Gasteiger charge is -2.08. The lowest BCUT2D eigenvalue weighted by atomic mass is 10.1. The summed E-state index contributed by atoms with van der Waals surface area (Å²) in [5.41, 5.74) is 8.22. The van der Waals surface area contributed by atoms with Gasteiger partial charge in [-0.05, 0) is 18.9 Å². The van der Waals surface area contributed by atoms with Gasteiger partial charge in [0.1, 0.15) is 17.3 Å². The van der Waals surface area contributed by atoms with Crippen molar-refractivity contribution in [1.82, 2.24) is 9.55 Å². The Kier molecular flexibility index (Phi) is 3.35. The van der Waals surface area contributed by atoms with E-state index in [1.165, 1.54) is 25.7 Å². The lowest BCUT2D eigenvalue weighted by molar-refractivity contribution is 0.635. The van der Waals surface area contributed by atoms with Crippen LogP contribution in [0, 0.1) is 0 Å². The maximum absolute atomic E-state index is 6.25. The van der Waals surface area contributed by atoms with Crippen LogP contribution in [0.25, 0.3) is 11.3 Å². The quantitative estimate of drug-likeness (QED) is 0.906. The molecule has 2 N–H and O–H groups in total. The molecule has 1 aliphatic carbocycles. The maximum Gasteiger partial charge on any atom is 0.131 e. The van der Waals surface area contributed by atoms with Crippen LogP contribution in [-0.2, 0) is 7.05 Å². The fourth-order valence-corrected chi connectivity index (χ4v) is 3.40. The molecule has 1 saturated carbocycles. The summed E-state index contributed by atoms with van der Waals surface area (Å²) in [6.45, 7) is 0. The molecule has 2 aromatic rings. The molecule has 0 unspecified atom stereocenters. The van der Waals surface area contributed by atoms with Gasteiger partial charge in [0, 0.05) is 23.0 Å². The molecule has 1 aliphatic rings. The summed E-state index contributed by atoms with van der Waals surface area (Å²) >= 11 is 3.58. The van der Waals surface area contributed by atoms with Crippen molar-refractivity contribution in [3.8, 4) is 11.3 Å². The largest absolute Gasteiger partial charge is 0.383 e. The Balaban J connectivity index is 2.08. The Labute approximate surface area is 122 Å². The third-order valence-electron chi connectivity index (χ3n) is 4.02. The fourth-order valence-electron chi connectivity index (χ4n) is 2.93. The Bertz CT molecular complexity index is 597. The van der Waals surface area contributed by atoms with Crippen LogP contribution in [0.3, 0.4) is 0 Å². The van der Waals surface area contributed by atoms with Crippen molar-refractivity contribution >= 4 is 21.7 Å². The predicted octanol–water partition coefficient (Wildman–Crippen LogP) is 4.09. The summed E-state index contributed by atoms with van der Waals surface area (Å²) in [5.74, 6) is 2.47. The first-order valence-electron chi connectivity index (χ1n) is 6.75. The van der Waals surface area contributed by atoms with E-state index in [2.05, 4.69) is 26.6 Å². The number of benzene rings is 1. The third kappa shape index (κ3) is 2.18. The molecule has 1 heterocycles. The maximum atomic E-state index is 6.25. The average molecular weight is 320 g/mol. The van der Waals surface area contributed by atoms with Crippen molar-refractivity contribution in [2.45, 2.75) is 31.6 Å². The molecule has 0 aliphatic heterocycles. The molecule has 0 atom stereocenters. The summed E-state index contributed by atoms with van der Waals surface area (Å²) in [6, 6.07) is 8.11. The van der Waals surface area contributed by atoms with E-state index < -0.39 is 0 Å². The van der Waals surface area contributed by atoms with E-state index in [0.717, 1.165) is 27.4 Å². The summed E-state index contributed by atoms with van der Waals surface area (Å²) in [4.78, 5) is 4.83. The molecule has 0 radical (unpaired) electrons. The number of imidazole rings is 1. The normalized spacial score (nSPS) is 16.1. The minimum atomic E-state index is 0.573. The highest BCUT2D eigenvalue weighted by molar-refractivity contribution is 9.10. The van der Waals surface area contributed by atoms with Crippen molar-refractivity contribution in [2.24, 2.45) is 7.05 Å². The SMILES string of the molecule is Cn1c(C2CCCC2)nc(-c2ccccc2Br)c1N. The number of hydrogen-bond donors (Lipinski definition) is 1. The second-order valence-corrected chi connectivity index (χ2v) is 6.08. The van der Waals surface area contributed by atoms with Gasteiger partial charge in [-0.25, -0.2) is 4.98 Å². The van der Waals surface area contributed by atoms with E-state index in [1.807, 2.05) is 25.2 Å². The van der Waals surface area contributed by atoms with Crippen molar-refractivity contribution in [2.75, 3.05) is 5.73 Å². The van der Waals surface area contributed by atoms with E-state index >= 15 is 0 Å². The molecule has 0 saturated heterocycles. The van der Waals surface area contributed by atoms with Gasteiger partial charge in [0.2, 0.25) is 0 Å². The van der Waals surface area contributed by atoms with E-state index in [4.69, 9.17) is 10.7 Å². The first-order chi connectivity index (χ1) is 9.18. The van der Waals surface area contributed by atoms with Gasteiger partial charge in [-0.1, -0.05) is 47.0 Å². The van der Waals surface area contributed by atoms with Crippen molar-refractivity contribution in [1.29, 1.82) is 0 Å². The van der Waals surface area contributed by atoms with Gasteiger partial charge in [0.15, 0.2) is 0 Å². The van der Waals surface area contributed by atoms with Gasteiger partial charge in [-0.3, -0.25) is 0 Å². The first kappa shape index (κ1) is 12.7. The molecular formula is C15H18BrN3. The summed E-state index contributed by atoms with van der Waals surface area (Å²) in [7, 11) is 2.02. The van der Waals surface area contributed by atoms with Crippen LogP contribution in [0.4, 0.5) is 5.82 Å². The number of aromatic nitrogens is 2. The standard InChI is InChI=1S/C15H18BrN3/c1-19-14(17)13(11-8-4-5-9-12(11)16)18-15(19)10-6-2-3-7-10/h4-5,8-10H,2-3,6-7,17H2,1H3. The van der Waals surface area contributed by atoms with Crippen molar-refractivity contribution < 1.29 is 0 Å². The number of anilines is 1. The van der Waals surface area contributed by atoms with E-state index in [1.54, 1.807) is 0 Å². The van der Waals surface area contributed by atoms with Crippen LogP contribution in [0.2, 0.25) is 0 Å². The highest BCUT2D eigenvalue weighted by Gasteiger charge is 2.24. The molecule has 1 fully saturated rings. The lowest BCUT2D eigenvalue weighted by Crippen LogP contribution is -2.05. The summed E-state index contributed by atoms with van der Waals surface area (Å²) in [5, 5.41) is 0. The molecule has 0 amide bonds. The van der Waals surface area contributed by atoms with Crippen LogP contribution in [0.15, 0.2) is 28.7 Å². The molecule has 4 heteroatoms. The number of hydrogen-bond acceptors (Lipinski definition) is 2. The Morgan fingerprint density at radius 2 is 1.95 bits per heavy atom. The minimum absolute atomic E-state index is 0.573. The smallest absolute Gasteiger partial charge is 0.131 e. The van der Waals surface area contributed by atoms with Gasteiger partial charge >= 0.3 is 0 Å². The second kappa shape index (κ2) is 5.00. The number of nitrogens with zero attached hydrogens (tertiary/aromatic N) is 2. The van der Waals surface area contributed by atoms with Gasteiger partial charge in [0.25, 0.3) is 0 Å². The molecule has 0 bridgehead atoms. The Hall–Kier alpha value is -1.29. The molecule has 3 nitrogen and oxygen atoms in total. The van der Waals surface area contributed by atoms with Crippen molar-refractivity contribution in [3.63, 3.8) is 0 Å². The van der Waals surface area contributed by atoms with Gasteiger partial charge < -0.3 is 10.3 Å². The van der Waals surface area contributed by atoms with Crippen LogP contribution in [0.1, 0.15) is 37.4 Å². The van der Waals surface area contributed by atoms with Gasteiger partial charge in [-0.2, -0.15) is 0 Å². The number of rotatable bonds is 2. The molecule has 100 valence electrons. The highest BCUT2D eigenvalue weighted by atomic mass is 79.9. The minimum Gasteiger partial charge on any atom is -0.383 e. The molecular weight excluding hydrogens is 302 g/mol. The van der Waals surface area contributed by atoms with E-state index in [9.17, 15) is 0 Å². The highest BCUT2D eigenvalue weighted by Crippen LogP contribution is 2.38. The molecule has 3 rings (SSSR count). The van der Waals surface area contributed by atoms with Crippen LogP contribution in [0.5, 0.6) is 0 Å². The Morgan fingerprint density at radius 3 is 2.63 bits per heavy atom. The summed E-state index contributed by atoms with van der Waals surface area (Å²) in [6.07, 6.45) is 5.09. The van der Waals surface area contributed by atoms with Gasteiger partial charge in [-0.15, -0.1) is 0 Å². The number of nitrogens with two attached hydrogens (primary N) is 1. The topological polar surface area (TPSA) is 43.8 Å². The third-order valence-corrected chi connectivity index (χ3v) is 4.71. The van der Waals surface area contributed by atoms with Gasteiger partial charge in [0.05, 0.1) is 0 Å². The zero-order valence-corrected chi connectivity index (χ0v) is 12.7. The van der Waals surface area contributed by atoms with Crippen molar-refractivity contribution in [3.05, 3.63) is 34.6 Å². The van der Waals surface area contributed by atoms with E-state index in [-0.39, 0.29) is 0 Å². The number of nitrogen functional groups attached to an aromatic ring is 1. The van der Waals surface area contributed by atoms with Crippen LogP contribution in [-0.4, -0.2) is 9.55 Å². The zero-order valence-electron chi connectivity index (χ0n) is 11.1. The number of halogens is 1. The molecule has 19 heavy (non-hydrogen) atoms. The molecule has 1 aromatic heterocycles. The summed E-state index contributed by atoms with van der Waals surface area (Å²) < 4.78 is 3.10. The monoisotopic (exact) mass is 319 g/mol. The second-order valence-electron chi connectivity index (χ2n) is 5.22. The van der Waals surface area contributed by atoms with Crippen LogP contribution >= 0.6 is 15.9 Å². The van der Waals surface area contributed by atoms with E-state index in [0.29, 0.717) is 5.92 Å². The predicted molar refractivity (Wildman–Crippen MR) is 82.0 cm³/mol. The zero-order chi connectivity index (χ0) is 13.4. The average Bonchev–Trinajstić information content (AvgIpc) is 3.02. The first-order valence-corrected chi connectivity index (χ1v) is 7.54.